The van der Waals surface area contributed by atoms with Gasteiger partial charge in [-0.25, -0.2) is 4.79 Å². The average molecular weight is 518 g/mol. The number of hydrogen-bond donors (Lipinski definition) is 9. The van der Waals surface area contributed by atoms with Crippen LogP contribution >= 0.6 is 0 Å². The molecule has 0 aromatic rings. The number of nitrogens with one attached hydrogen (secondary N) is 3. The van der Waals surface area contributed by atoms with Crippen molar-refractivity contribution in [2.24, 2.45) is 28.1 Å². The Morgan fingerprint density at radius 3 is 1.92 bits per heavy atom. The number of carboxylic acids is 2. The van der Waals surface area contributed by atoms with E-state index in [0.717, 1.165) is 0 Å². The van der Waals surface area contributed by atoms with Crippen LogP contribution in [0.4, 0.5) is 0 Å². The highest BCUT2D eigenvalue weighted by Crippen LogP contribution is 2.10. The summed E-state index contributed by atoms with van der Waals surface area (Å²) in [4.78, 5) is 64.1. The Balaban J connectivity index is 5.38. The van der Waals surface area contributed by atoms with Gasteiger partial charge in [-0.3, -0.25) is 24.2 Å². The van der Waals surface area contributed by atoms with E-state index in [1.807, 2.05) is 0 Å². The van der Waals surface area contributed by atoms with Gasteiger partial charge in [0.2, 0.25) is 17.7 Å². The number of nitrogens with zero attached hydrogens (tertiary/aromatic N) is 1. The Morgan fingerprint density at radius 2 is 1.44 bits per heavy atom. The van der Waals surface area contributed by atoms with Crippen molar-refractivity contribution in [3.63, 3.8) is 0 Å². The maximum atomic E-state index is 13.0. The normalized spacial score (nSPS) is 15.8. The standard InChI is InChI=1S/C21H39N7O8/c1-4-10(2)15(27-17(32)12(22)6-5-9-25-21(23)24)18(33)28-16(11(3)29)19(34)26-13(20(35)36)7-8-14(30)31/h10-13,15-16,29H,4-9,22H2,1-3H3,(H,26,34)(H,27,32)(H,28,33)(H,30,31)(H,35,36)(H4,23,24,25). The number of carbonyl (C=O) groups is 5. The summed E-state index contributed by atoms with van der Waals surface area (Å²) in [5.74, 6) is -5.63. The smallest absolute Gasteiger partial charge is 0.326 e. The molecular formula is C21H39N7O8. The van der Waals surface area contributed by atoms with Crippen molar-refractivity contribution in [3.05, 3.63) is 0 Å². The molecule has 0 heterocycles. The Hall–Kier alpha value is -3.46. The van der Waals surface area contributed by atoms with Gasteiger partial charge < -0.3 is 48.5 Å². The molecule has 0 aromatic carbocycles. The Labute approximate surface area is 209 Å². The fourth-order valence-corrected chi connectivity index (χ4v) is 3.05. The van der Waals surface area contributed by atoms with Crippen LogP contribution in [0.15, 0.2) is 4.99 Å². The highest BCUT2D eigenvalue weighted by molar-refractivity contribution is 5.94. The lowest BCUT2D eigenvalue weighted by molar-refractivity contribution is -0.144. The summed E-state index contributed by atoms with van der Waals surface area (Å²) in [5, 5.41) is 35.1. The summed E-state index contributed by atoms with van der Waals surface area (Å²) in [5.41, 5.74) is 16.4. The van der Waals surface area contributed by atoms with Gasteiger partial charge >= 0.3 is 11.9 Å². The number of rotatable bonds is 17. The second-order valence-corrected chi connectivity index (χ2v) is 8.49. The van der Waals surface area contributed by atoms with E-state index in [1.54, 1.807) is 13.8 Å². The van der Waals surface area contributed by atoms with Gasteiger partial charge in [0.25, 0.3) is 0 Å². The highest BCUT2D eigenvalue weighted by Gasteiger charge is 2.34. The molecule has 12 N–H and O–H groups in total. The van der Waals surface area contributed by atoms with Gasteiger partial charge in [-0.05, 0) is 32.1 Å². The number of aliphatic carboxylic acids is 2. The zero-order valence-electron chi connectivity index (χ0n) is 20.8. The van der Waals surface area contributed by atoms with Crippen molar-refractivity contribution in [2.45, 2.75) is 83.1 Å². The lowest BCUT2D eigenvalue weighted by Crippen LogP contribution is -2.61. The van der Waals surface area contributed by atoms with Crippen molar-refractivity contribution in [2.75, 3.05) is 6.54 Å². The largest absolute Gasteiger partial charge is 0.481 e. The zero-order chi connectivity index (χ0) is 28.0. The van der Waals surface area contributed by atoms with Gasteiger partial charge in [0.05, 0.1) is 12.1 Å². The minimum absolute atomic E-state index is 0.0882. The Morgan fingerprint density at radius 1 is 0.889 bits per heavy atom. The summed E-state index contributed by atoms with van der Waals surface area (Å²) >= 11 is 0. The third kappa shape index (κ3) is 12.3. The van der Waals surface area contributed by atoms with Crippen LogP contribution in [0, 0.1) is 5.92 Å². The monoisotopic (exact) mass is 517 g/mol. The fraction of sp³-hybridized carbons (Fsp3) is 0.714. The molecule has 15 nitrogen and oxygen atoms in total. The molecule has 0 radical (unpaired) electrons. The number of aliphatic imine (C=N–C) groups is 1. The van der Waals surface area contributed by atoms with Crippen molar-refractivity contribution in [3.8, 4) is 0 Å². The molecule has 6 unspecified atom stereocenters. The van der Waals surface area contributed by atoms with E-state index in [4.69, 9.17) is 22.3 Å². The second kappa shape index (κ2) is 16.3. The molecule has 206 valence electrons. The van der Waals surface area contributed by atoms with Crippen LogP contribution in [0.2, 0.25) is 0 Å². The van der Waals surface area contributed by atoms with E-state index in [9.17, 15) is 34.2 Å². The molecule has 0 aliphatic carbocycles. The van der Waals surface area contributed by atoms with Crippen LogP contribution in [-0.2, 0) is 24.0 Å². The summed E-state index contributed by atoms with van der Waals surface area (Å²) in [6.45, 7) is 4.96. The molecule has 0 rings (SSSR count). The Bertz CT molecular complexity index is 801. The molecule has 0 bridgehead atoms. The first-order valence-corrected chi connectivity index (χ1v) is 11.6. The minimum atomic E-state index is -1.57. The van der Waals surface area contributed by atoms with Gasteiger partial charge in [0.1, 0.15) is 18.1 Å². The maximum Gasteiger partial charge on any atom is 0.326 e. The SMILES string of the molecule is CCC(C)C(NC(=O)C(N)CCCN=C(N)N)C(=O)NC(C(=O)NC(CCC(=O)O)C(=O)O)C(C)O. The summed E-state index contributed by atoms with van der Waals surface area (Å²) < 4.78 is 0. The van der Waals surface area contributed by atoms with Crippen LogP contribution in [0.1, 0.15) is 52.9 Å². The molecule has 0 spiro atoms. The number of carboxylic acid groups (broad SMARTS) is 2. The van der Waals surface area contributed by atoms with Crippen molar-refractivity contribution in [1.29, 1.82) is 0 Å². The molecule has 0 fully saturated rings. The van der Waals surface area contributed by atoms with Crippen LogP contribution in [-0.4, -0.2) is 87.8 Å². The molecule has 0 aromatic heterocycles. The molecule has 36 heavy (non-hydrogen) atoms. The van der Waals surface area contributed by atoms with Gasteiger partial charge in [-0.1, -0.05) is 20.3 Å². The highest BCUT2D eigenvalue weighted by atomic mass is 16.4. The number of aliphatic hydroxyl groups excluding tert-OH is 1. The zero-order valence-corrected chi connectivity index (χ0v) is 20.8. The summed E-state index contributed by atoms with van der Waals surface area (Å²) in [6, 6.07) is -5.18. The summed E-state index contributed by atoms with van der Waals surface area (Å²) in [7, 11) is 0. The minimum Gasteiger partial charge on any atom is -0.481 e. The number of carbonyl (C=O) groups excluding carboxylic acids is 3. The first-order chi connectivity index (χ1) is 16.7. The van der Waals surface area contributed by atoms with E-state index in [1.165, 1.54) is 6.92 Å². The van der Waals surface area contributed by atoms with Crippen LogP contribution < -0.4 is 33.2 Å². The molecule has 15 heteroatoms. The number of aliphatic hydroxyl groups is 1. The first kappa shape index (κ1) is 32.5. The quantitative estimate of drug-likeness (QED) is 0.0539. The van der Waals surface area contributed by atoms with Crippen molar-refractivity contribution in [1.82, 2.24) is 16.0 Å². The molecule has 0 aliphatic rings. The Kier molecular flexibility index (Phi) is 14.7. The van der Waals surface area contributed by atoms with Gasteiger partial charge in [0, 0.05) is 13.0 Å². The third-order valence-corrected chi connectivity index (χ3v) is 5.42. The second-order valence-electron chi connectivity index (χ2n) is 8.49. The molecule has 0 saturated heterocycles. The average Bonchev–Trinajstić information content (AvgIpc) is 2.79. The molecule has 0 saturated carbocycles. The molecule has 0 aliphatic heterocycles. The number of amides is 3. The van der Waals surface area contributed by atoms with Crippen molar-refractivity contribution < 1.29 is 39.3 Å². The number of guanidine groups is 1. The lowest BCUT2D eigenvalue weighted by atomic mass is 9.96. The van der Waals surface area contributed by atoms with Crippen molar-refractivity contribution >= 4 is 35.6 Å². The van der Waals surface area contributed by atoms with E-state index >= 15 is 0 Å². The van der Waals surface area contributed by atoms with Gasteiger partial charge in [-0.15, -0.1) is 0 Å². The molecule has 3 amide bonds. The lowest BCUT2D eigenvalue weighted by Gasteiger charge is -2.29. The fourth-order valence-electron chi connectivity index (χ4n) is 3.05. The number of nitrogens with two attached hydrogens (primary N) is 3. The predicted molar refractivity (Wildman–Crippen MR) is 129 cm³/mol. The topological polar surface area (TPSA) is 273 Å². The van der Waals surface area contributed by atoms with E-state index in [0.29, 0.717) is 12.8 Å². The van der Waals surface area contributed by atoms with E-state index in [2.05, 4.69) is 20.9 Å². The third-order valence-electron chi connectivity index (χ3n) is 5.42. The molecule has 6 atom stereocenters. The first-order valence-electron chi connectivity index (χ1n) is 11.6. The van der Waals surface area contributed by atoms with E-state index < -0.39 is 72.8 Å². The van der Waals surface area contributed by atoms with Crippen LogP contribution in [0.25, 0.3) is 0 Å². The van der Waals surface area contributed by atoms with Gasteiger partial charge in [0.15, 0.2) is 5.96 Å². The predicted octanol–water partition coefficient (Wildman–Crippen LogP) is -2.80. The number of hydrogen-bond acceptors (Lipinski definition) is 8. The summed E-state index contributed by atoms with van der Waals surface area (Å²) in [6.07, 6.45) is -1.22. The maximum absolute atomic E-state index is 13.0. The van der Waals surface area contributed by atoms with Crippen LogP contribution in [0.5, 0.6) is 0 Å². The molecular weight excluding hydrogens is 478 g/mol. The van der Waals surface area contributed by atoms with Gasteiger partial charge in [-0.2, -0.15) is 0 Å². The van der Waals surface area contributed by atoms with E-state index in [-0.39, 0.29) is 24.8 Å². The van der Waals surface area contributed by atoms with Crippen LogP contribution in [0.3, 0.4) is 0 Å².